The van der Waals surface area contributed by atoms with Crippen LogP contribution < -0.4 is 0 Å². The summed E-state index contributed by atoms with van der Waals surface area (Å²) in [6.07, 6.45) is 2.88. The van der Waals surface area contributed by atoms with Crippen molar-refractivity contribution in [1.82, 2.24) is 24.5 Å². The van der Waals surface area contributed by atoms with Gasteiger partial charge in [-0.15, -0.1) is 0 Å². The van der Waals surface area contributed by atoms with Crippen LogP contribution in [0.25, 0.3) is 0 Å². The van der Waals surface area contributed by atoms with Gasteiger partial charge in [-0.05, 0) is 39.3 Å². The van der Waals surface area contributed by atoms with Crippen molar-refractivity contribution in [2.45, 2.75) is 45.4 Å². The highest BCUT2D eigenvalue weighted by molar-refractivity contribution is 5.70. The van der Waals surface area contributed by atoms with E-state index < -0.39 is 5.97 Å². The molecule has 0 aromatic heterocycles. The fraction of sp³-hybridized carbons (Fsp3) is 0.905. The lowest BCUT2D eigenvalue weighted by molar-refractivity contribution is -0.139. The summed E-state index contributed by atoms with van der Waals surface area (Å²) in [4.78, 5) is 34.3. The smallest absolute Gasteiger partial charge is 0.411 e. The minimum absolute atomic E-state index is 0.0288. The van der Waals surface area contributed by atoms with Crippen molar-refractivity contribution in [2.24, 2.45) is 0 Å². The molecule has 0 spiro atoms. The number of ether oxygens (including phenoxy) is 1. The van der Waals surface area contributed by atoms with Crippen molar-refractivity contribution < 1.29 is 19.4 Å². The molecule has 3 saturated heterocycles. The first-order valence-corrected chi connectivity index (χ1v) is 11.6. The first-order chi connectivity index (χ1) is 14.5. The third-order valence-electron chi connectivity index (χ3n) is 6.61. The molecule has 0 aliphatic carbocycles. The van der Waals surface area contributed by atoms with Crippen LogP contribution >= 0.6 is 0 Å². The molecule has 0 saturated carbocycles. The van der Waals surface area contributed by atoms with E-state index in [0.717, 1.165) is 52.1 Å². The molecule has 0 aromatic carbocycles. The minimum Gasteiger partial charge on any atom is -0.480 e. The van der Waals surface area contributed by atoms with Gasteiger partial charge in [-0.2, -0.15) is 0 Å². The van der Waals surface area contributed by atoms with Gasteiger partial charge in [-0.25, -0.2) is 4.79 Å². The molecule has 1 amide bonds. The number of carboxylic acid groups (broad SMARTS) is 1. The normalized spacial score (nSPS) is 27.5. The van der Waals surface area contributed by atoms with Gasteiger partial charge >= 0.3 is 12.1 Å². The molecule has 9 heteroatoms. The Hall–Kier alpha value is -1.42. The van der Waals surface area contributed by atoms with E-state index in [1.807, 2.05) is 9.80 Å². The molecule has 3 aliphatic rings. The number of carboxylic acids is 1. The van der Waals surface area contributed by atoms with Crippen molar-refractivity contribution in [3.05, 3.63) is 0 Å². The summed E-state index contributed by atoms with van der Waals surface area (Å²) in [7, 11) is 0. The monoisotopic (exact) mass is 425 g/mol. The molecule has 3 rings (SSSR count). The van der Waals surface area contributed by atoms with Gasteiger partial charge in [0, 0.05) is 58.9 Å². The lowest BCUT2D eigenvalue weighted by atomic mass is 10.2. The average Bonchev–Trinajstić information content (AvgIpc) is 3.01. The van der Waals surface area contributed by atoms with Gasteiger partial charge in [-0.1, -0.05) is 6.92 Å². The Morgan fingerprint density at radius 3 is 2.10 bits per heavy atom. The van der Waals surface area contributed by atoms with Crippen LogP contribution in [-0.4, -0.2) is 132 Å². The molecule has 3 fully saturated rings. The Kier molecular flexibility index (Phi) is 8.73. The number of rotatable bonds is 10. The maximum Gasteiger partial charge on any atom is 0.411 e. The van der Waals surface area contributed by atoms with E-state index in [9.17, 15) is 9.59 Å². The summed E-state index contributed by atoms with van der Waals surface area (Å²) in [6.45, 7) is 14.9. The zero-order chi connectivity index (χ0) is 21.5. The molecule has 9 nitrogen and oxygen atoms in total. The summed E-state index contributed by atoms with van der Waals surface area (Å²) in [5.41, 5.74) is 0. The number of hydrogen-bond acceptors (Lipinski definition) is 7. The maximum atomic E-state index is 12.4. The highest BCUT2D eigenvalue weighted by Crippen LogP contribution is 2.24. The molecule has 0 bridgehead atoms. The van der Waals surface area contributed by atoms with Crippen LogP contribution in [-0.2, 0) is 9.53 Å². The highest BCUT2D eigenvalue weighted by atomic mass is 16.6. The third-order valence-corrected chi connectivity index (χ3v) is 6.61. The minimum atomic E-state index is -0.793. The third kappa shape index (κ3) is 6.29. The number of carbonyl (C=O) groups is 2. The van der Waals surface area contributed by atoms with Crippen molar-refractivity contribution in [2.75, 3.05) is 78.5 Å². The van der Waals surface area contributed by atoms with Crippen molar-refractivity contribution in [1.29, 1.82) is 0 Å². The number of carbonyl (C=O) groups excluding carboxylic acids is 1. The Bertz CT molecular complexity index is 562. The van der Waals surface area contributed by atoms with E-state index in [2.05, 4.69) is 28.5 Å². The predicted octanol–water partition coefficient (Wildman–Crippen LogP) is 0.663. The van der Waals surface area contributed by atoms with E-state index >= 15 is 0 Å². The molecule has 0 aromatic rings. The standard InChI is InChI=1S/C21H39N5O4/c1-3-6-22-9-11-23(12-10-22)7-4-5-8-26-18(2)20(30-21(26)29)25-15-13-24(14-16-25)17-19(27)28/h18,20H,3-17H2,1-2H3,(H,27,28). The van der Waals surface area contributed by atoms with Crippen molar-refractivity contribution in [3.8, 4) is 0 Å². The summed E-state index contributed by atoms with van der Waals surface area (Å²) < 4.78 is 5.69. The number of cyclic esters (lactones) is 1. The van der Waals surface area contributed by atoms with Crippen LogP contribution in [0.3, 0.4) is 0 Å². The van der Waals surface area contributed by atoms with E-state index in [-0.39, 0.29) is 24.9 Å². The number of piperazine rings is 2. The Balaban J connectivity index is 1.34. The maximum absolute atomic E-state index is 12.4. The SMILES string of the molecule is CCCN1CCN(CCCCN2C(=O)OC(N3CCN(CC(=O)O)CC3)C2C)CC1. The number of unbranched alkanes of at least 4 members (excludes halogenated alkanes) is 1. The Labute approximate surface area is 180 Å². The molecular formula is C21H39N5O4. The summed E-state index contributed by atoms with van der Waals surface area (Å²) >= 11 is 0. The van der Waals surface area contributed by atoms with Gasteiger partial charge in [0.2, 0.25) is 0 Å². The molecule has 30 heavy (non-hydrogen) atoms. The van der Waals surface area contributed by atoms with E-state index in [1.54, 1.807) is 0 Å². The lowest BCUT2D eigenvalue weighted by Crippen LogP contribution is -2.54. The second-order valence-corrected chi connectivity index (χ2v) is 8.80. The van der Waals surface area contributed by atoms with Crippen molar-refractivity contribution >= 4 is 12.1 Å². The predicted molar refractivity (Wildman–Crippen MR) is 114 cm³/mol. The van der Waals surface area contributed by atoms with E-state index in [0.29, 0.717) is 13.1 Å². The van der Waals surface area contributed by atoms with Crippen LogP contribution in [0, 0.1) is 0 Å². The second-order valence-electron chi connectivity index (χ2n) is 8.80. The topological polar surface area (TPSA) is 79.8 Å². The number of nitrogens with zero attached hydrogens (tertiary/aromatic N) is 5. The summed E-state index contributed by atoms with van der Waals surface area (Å²) in [6, 6.07) is 0.0288. The molecular weight excluding hydrogens is 386 g/mol. The quantitative estimate of drug-likeness (QED) is 0.512. The van der Waals surface area contributed by atoms with Gasteiger partial charge in [-0.3, -0.25) is 14.6 Å². The van der Waals surface area contributed by atoms with Gasteiger partial charge in [0.15, 0.2) is 6.23 Å². The van der Waals surface area contributed by atoms with E-state index in [4.69, 9.17) is 9.84 Å². The summed E-state index contributed by atoms with van der Waals surface area (Å²) in [5, 5.41) is 8.94. The Morgan fingerprint density at radius 2 is 1.50 bits per heavy atom. The second kappa shape index (κ2) is 11.3. The van der Waals surface area contributed by atoms with E-state index in [1.165, 1.54) is 26.1 Å². The lowest BCUT2D eigenvalue weighted by Gasteiger charge is -2.37. The van der Waals surface area contributed by atoms with Crippen LogP contribution in [0.2, 0.25) is 0 Å². The van der Waals surface area contributed by atoms with Crippen molar-refractivity contribution in [3.63, 3.8) is 0 Å². The average molecular weight is 426 g/mol. The van der Waals surface area contributed by atoms with Crippen LogP contribution in [0.5, 0.6) is 0 Å². The molecule has 0 radical (unpaired) electrons. The number of hydrogen-bond donors (Lipinski definition) is 1. The molecule has 2 atom stereocenters. The number of amides is 1. The number of aliphatic carboxylic acids is 1. The molecule has 172 valence electrons. The first kappa shape index (κ1) is 23.2. The molecule has 2 unspecified atom stereocenters. The van der Waals surface area contributed by atoms with Crippen LogP contribution in [0.1, 0.15) is 33.1 Å². The van der Waals surface area contributed by atoms with Gasteiger partial charge in [0.25, 0.3) is 0 Å². The zero-order valence-corrected chi connectivity index (χ0v) is 18.7. The summed E-state index contributed by atoms with van der Waals surface area (Å²) in [5.74, 6) is -0.793. The molecule has 3 heterocycles. The zero-order valence-electron chi connectivity index (χ0n) is 18.7. The highest BCUT2D eigenvalue weighted by Gasteiger charge is 2.42. The van der Waals surface area contributed by atoms with Gasteiger partial charge in [0.1, 0.15) is 0 Å². The Morgan fingerprint density at radius 1 is 0.933 bits per heavy atom. The largest absolute Gasteiger partial charge is 0.480 e. The molecule has 1 N–H and O–H groups in total. The van der Waals surface area contributed by atoms with Gasteiger partial charge in [0.05, 0.1) is 12.6 Å². The fourth-order valence-corrected chi connectivity index (χ4v) is 4.80. The van der Waals surface area contributed by atoms with Gasteiger partial charge < -0.3 is 24.5 Å². The first-order valence-electron chi connectivity index (χ1n) is 11.6. The van der Waals surface area contributed by atoms with Crippen LogP contribution in [0.15, 0.2) is 0 Å². The van der Waals surface area contributed by atoms with Crippen LogP contribution in [0.4, 0.5) is 4.79 Å². The fourth-order valence-electron chi connectivity index (χ4n) is 4.80. The molecule has 3 aliphatic heterocycles.